The van der Waals surface area contributed by atoms with Crippen molar-refractivity contribution < 1.29 is 19.5 Å². The van der Waals surface area contributed by atoms with Crippen molar-refractivity contribution in [1.82, 2.24) is 20.4 Å². The van der Waals surface area contributed by atoms with Crippen molar-refractivity contribution in [3.63, 3.8) is 0 Å². The van der Waals surface area contributed by atoms with Gasteiger partial charge in [-0.05, 0) is 12.5 Å². The number of carboxylic acids is 1. The Labute approximate surface area is 143 Å². The molecule has 1 unspecified atom stereocenters. The molecule has 2 atom stereocenters. The number of carbonyl (C=O) groups is 3. The number of aryl methyl sites for hydroxylation is 1. The second kappa shape index (κ2) is 6.49. The molecule has 23 heavy (non-hydrogen) atoms. The summed E-state index contributed by atoms with van der Waals surface area (Å²) in [5.74, 6) is -0.582. The van der Waals surface area contributed by atoms with E-state index in [9.17, 15) is 19.5 Å². The predicted molar refractivity (Wildman–Crippen MR) is 86.1 cm³/mol. The Morgan fingerprint density at radius 1 is 1.57 bits per heavy atom. The molecule has 0 saturated carbocycles. The summed E-state index contributed by atoms with van der Waals surface area (Å²) in [5.41, 5.74) is 0.700. The minimum absolute atomic E-state index is 0.0245. The first kappa shape index (κ1) is 16.3. The second-order valence-electron chi connectivity index (χ2n) is 4.80. The highest BCUT2D eigenvalue weighted by Gasteiger charge is 2.53. The van der Waals surface area contributed by atoms with Gasteiger partial charge in [-0.1, -0.05) is 23.1 Å². The van der Waals surface area contributed by atoms with E-state index in [1.807, 2.05) is 6.92 Å². The smallest absolute Gasteiger partial charge is 0.352 e. The summed E-state index contributed by atoms with van der Waals surface area (Å²) >= 11 is 4.30. The Hall–Kier alpha value is -1.59. The van der Waals surface area contributed by atoms with Crippen LogP contribution in [0.25, 0.3) is 0 Å². The van der Waals surface area contributed by atoms with E-state index in [0.29, 0.717) is 23.5 Å². The number of thioether (sulfide) groups is 2. The third-order valence-corrected chi connectivity index (χ3v) is 6.77. The maximum absolute atomic E-state index is 12.1. The van der Waals surface area contributed by atoms with E-state index in [2.05, 4.69) is 15.5 Å². The molecule has 0 radical (unpaired) electrons. The summed E-state index contributed by atoms with van der Waals surface area (Å²) in [7, 11) is 0. The van der Waals surface area contributed by atoms with Crippen molar-refractivity contribution >= 4 is 53.1 Å². The molecule has 122 valence electrons. The minimum Gasteiger partial charge on any atom is -0.477 e. The van der Waals surface area contributed by atoms with Crippen molar-refractivity contribution in [3.05, 3.63) is 16.3 Å². The normalized spacial score (nSPS) is 23.3. The van der Waals surface area contributed by atoms with Gasteiger partial charge < -0.3 is 10.4 Å². The van der Waals surface area contributed by atoms with Crippen LogP contribution in [0.3, 0.4) is 0 Å². The molecule has 0 aromatic carbocycles. The molecule has 2 N–H and O–H groups in total. The van der Waals surface area contributed by atoms with Crippen LogP contribution in [0.4, 0.5) is 0 Å². The van der Waals surface area contributed by atoms with Gasteiger partial charge in [-0.2, -0.15) is 0 Å². The quantitative estimate of drug-likeness (QED) is 0.417. The second-order valence-corrected chi connectivity index (χ2v) is 8.31. The summed E-state index contributed by atoms with van der Waals surface area (Å²) in [6, 6.07) is -0.646. The Bertz CT molecular complexity index is 704. The van der Waals surface area contributed by atoms with Crippen LogP contribution in [0.1, 0.15) is 5.01 Å². The molecule has 1 aromatic rings. The Kier molecular flexibility index (Phi) is 4.60. The van der Waals surface area contributed by atoms with Gasteiger partial charge in [0.1, 0.15) is 22.1 Å². The van der Waals surface area contributed by atoms with Crippen LogP contribution in [-0.2, 0) is 14.4 Å². The van der Waals surface area contributed by atoms with Gasteiger partial charge in [0.05, 0.1) is 0 Å². The Morgan fingerprint density at radius 2 is 2.35 bits per heavy atom. The lowest BCUT2D eigenvalue weighted by molar-refractivity contribution is -0.149. The van der Waals surface area contributed by atoms with Gasteiger partial charge in [-0.15, -0.1) is 22.0 Å². The number of amides is 2. The molecule has 0 spiro atoms. The number of carboxylic acid groups (broad SMARTS) is 1. The highest BCUT2D eigenvalue weighted by atomic mass is 32.2. The van der Waals surface area contributed by atoms with E-state index < -0.39 is 12.0 Å². The molecule has 2 aliphatic rings. The molecule has 11 heteroatoms. The van der Waals surface area contributed by atoms with Crippen LogP contribution in [0.5, 0.6) is 0 Å². The van der Waals surface area contributed by atoms with Gasteiger partial charge in [0.25, 0.3) is 5.91 Å². The average Bonchev–Trinajstić information content (AvgIpc) is 2.94. The topological polar surface area (TPSA) is 112 Å². The standard InChI is InChI=1S/C12H12N4O4S3/c1-5-14-15-12(23-5)22-3-6-2-21-10-7(13-4-17)9(18)16(10)8(6)11(19)20/h4,7,10H,2-3H2,1H3,(H,13,17)(H,19,20)/t7?,10-/m1/s1. The molecule has 3 heterocycles. The zero-order valence-corrected chi connectivity index (χ0v) is 14.3. The fourth-order valence-corrected chi connectivity index (χ4v) is 5.68. The summed E-state index contributed by atoms with van der Waals surface area (Å²) in [6.07, 6.45) is 0.466. The van der Waals surface area contributed by atoms with E-state index >= 15 is 0 Å². The highest BCUT2D eigenvalue weighted by molar-refractivity contribution is 8.01. The molecule has 1 fully saturated rings. The first-order valence-electron chi connectivity index (χ1n) is 6.55. The average molecular weight is 372 g/mol. The summed E-state index contributed by atoms with van der Waals surface area (Å²) in [4.78, 5) is 35.5. The van der Waals surface area contributed by atoms with E-state index in [4.69, 9.17) is 0 Å². The van der Waals surface area contributed by atoms with Crippen molar-refractivity contribution in [1.29, 1.82) is 0 Å². The van der Waals surface area contributed by atoms with Crippen molar-refractivity contribution in [2.24, 2.45) is 0 Å². The zero-order valence-electron chi connectivity index (χ0n) is 11.9. The highest BCUT2D eigenvalue weighted by Crippen LogP contribution is 2.41. The monoisotopic (exact) mass is 372 g/mol. The third kappa shape index (κ3) is 2.95. The van der Waals surface area contributed by atoms with Crippen LogP contribution >= 0.6 is 34.9 Å². The molecule has 0 aliphatic carbocycles. The Morgan fingerprint density at radius 3 is 2.96 bits per heavy atom. The van der Waals surface area contributed by atoms with Crippen LogP contribution < -0.4 is 5.32 Å². The van der Waals surface area contributed by atoms with E-state index in [1.54, 1.807) is 0 Å². The molecular weight excluding hydrogens is 360 g/mol. The van der Waals surface area contributed by atoms with Crippen molar-refractivity contribution in [2.75, 3.05) is 11.5 Å². The van der Waals surface area contributed by atoms with Crippen LogP contribution in [-0.4, -0.2) is 61.4 Å². The summed E-state index contributed by atoms with van der Waals surface area (Å²) < 4.78 is 0.766. The van der Waals surface area contributed by atoms with Crippen molar-refractivity contribution in [3.8, 4) is 0 Å². The number of rotatable bonds is 6. The number of β-lactam (4-membered cyclic amide) rings is 1. The van der Waals surface area contributed by atoms with E-state index in [-0.39, 0.29) is 17.0 Å². The molecule has 2 aliphatic heterocycles. The molecular formula is C12H12N4O4S3. The van der Waals surface area contributed by atoms with Gasteiger partial charge in [0.2, 0.25) is 6.41 Å². The van der Waals surface area contributed by atoms with Gasteiger partial charge in [-0.25, -0.2) is 4.79 Å². The minimum atomic E-state index is -1.13. The Balaban J connectivity index is 1.79. The fourth-order valence-electron chi connectivity index (χ4n) is 2.37. The number of aliphatic carboxylic acids is 1. The number of fused-ring (bicyclic) bond motifs is 1. The first-order valence-corrected chi connectivity index (χ1v) is 9.40. The SMILES string of the molecule is Cc1nnc(SCC2=C(C(=O)O)N3C(=O)C(NC=O)[C@H]3SC2)s1. The molecule has 2 amide bonds. The lowest BCUT2D eigenvalue weighted by Crippen LogP contribution is -2.69. The van der Waals surface area contributed by atoms with Gasteiger partial charge in [0, 0.05) is 11.5 Å². The predicted octanol–water partition coefficient (Wildman–Crippen LogP) is 0.307. The molecule has 8 nitrogen and oxygen atoms in total. The number of aromatic nitrogens is 2. The fraction of sp³-hybridized carbons (Fsp3) is 0.417. The maximum Gasteiger partial charge on any atom is 0.352 e. The van der Waals surface area contributed by atoms with Crippen LogP contribution in [0, 0.1) is 6.92 Å². The lowest BCUT2D eigenvalue weighted by Gasteiger charge is -2.49. The van der Waals surface area contributed by atoms with E-state index in [1.165, 1.54) is 39.8 Å². The molecule has 1 saturated heterocycles. The number of hydrogen-bond acceptors (Lipinski definition) is 8. The van der Waals surface area contributed by atoms with Gasteiger partial charge in [0.15, 0.2) is 4.34 Å². The van der Waals surface area contributed by atoms with E-state index in [0.717, 1.165) is 9.35 Å². The molecule has 3 rings (SSSR count). The molecule has 0 bridgehead atoms. The van der Waals surface area contributed by atoms with Crippen LogP contribution in [0.15, 0.2) is 15.6 Å². The molecule has 1 aromatic heterocycles. The lowest BCUT2D eigenvalue weighted by atomic mass is 10.0. The summed E-state index contributed by atoms with van der Waals surface area (Å²) in [6.45, 7) is 1.85. The van der Waals surface area contributed by atoms with Gasteiger partial charge >= 0.3 is 5.97 Å². The number of nitrogens with zero attached hydrogens (tertiary/aromatic N) is 3. The number of hydrogen-bond donors (Lipinski definition) is 2. The largest absolute Gasteiger partial charge is 0.477 e. The first-order chi connectivity index (χ1) is 11.0. The maximum atomic E-state index is 12.1. The number of nitrogens with one attached hydrogen (secondary N) is 1. The van der Waals surface area contributed by atoms with Crippen LogP contribution in [0.2, 0.25) is 0 Å². The van der Waals surface area contributed by atoms with Crippen molar-refractivity contribution in [2.45, 2.75) is 22.7 Å². The van der Waals surface area contributed by atoms with Gasteiger partial charge in [-0.3, -0.25) is 14.5 Å². The summed E-state index contributed by atoms with van der Waals surface area (Å²) in [5, 5.41) is 20.3. The zero-order chi connectivity index (χ0) is 16.6. The third-order valence-electron chi connectivity index (χ3n) is 3.37. The number of carbonyl (C=O) groups excluding carboxylic acids is 2.